The molecule has 0 atom stereocenters. The molecule has 0 fully saturated rings. The van der Waals surface area contributed by atoms with Crippen molar-refractivity contribution < 1.29 is 14.7 Å². The predicted octanol–water partition coefficient (Wildman–Crippen LogP) is 3.33. The Hall–Kier alpha value is -2.46. The SMILES string of the molecule is Cc1ccc(C(=O)CCC(=O)N(CCO)CCc2ccccc2)cc1C. The highest BCUT2D eigenvalue weighted by atomic mass is 16.3. The summed E-state index contributed by atoms with van der Waals surface area (Å²) in [6.07, 6.45) is 1.09. The average Bonchev–Trinajstić information content (AvgIpc) is 2.65. The van der Waals surface area contributed by atoms with Crippen molar-refractivity contribution >= 4 is 11.7 Å². The molecule has 0 aliphatic rings. The van der Waals surface area contributed by atoms with Crippen molar-refractivity contribution in [2.45, 2.75) is 33.1 Å². The molecule has 2 aromatic carbocycles. The maximum Gasteiger partial charge on any atom is 0.223 e. The molecule has 0 aliphatic carbocycles. The monoisotopic (exact) mass is 353 g/mol. The Morgan fingerprint density at radius 3 is 2.31 bits per heavy atom. The molecule has 0 saturated heterocycles. The first-order chi connectivity index (χ1) is 12.5. The van der Waals surface area contributed by atoms with Crippen LogP contribution < -0.4 is 0 Å². The molecule has 2 rings (SSSR count). The smallest absolute Gasteiger partial charge is 0.223 e. The summed E-state index contributed by atoms with van der Waals surface area (Å²) in [6.45, 7) is 4.74. The van der Waals surface area contributed by atoms with Gasteiger partial charge in [-0.3, -0.25) is 9.59 Å². The van der Waals surface area contributed by atoms with Crippen LogP contribution in [0.15, 0.2) is 48.5 Å². The molecular formula is C22H27NO3. The van der Waals surface area contributed by atoms with Crippen molar-refractivity contribution in [1.82, 2.24) is 4.90 Å². The maximum absolute atomic E-state index is 12.5. The molecule has 0 aromatic heterocycles. The quantitative estimate of drug-likeness (QED) is 0.704. The molecule has 4 nitrogen and oxygen atoms in total. The fraction of sp³-hybridized carbons (Fsp3) is 0.364. The number of carbonyl (C=O) groups is 2. The van der Waals surface area contributed by atoms with Crippen LogP contribution in [0.3, 0.4) is 0 Å². The van der Waals surface area contributed by atoms with E-state index in [1.54, 1.807) is 4.90 Å². The van der Waals surface area contributed by atoms with Crippen molar-refractivity contribution in [1.29, 1.82) is 0 Å². The number of nitrogens with zero attached hydrogens (tertiary/aromatic N) is 1. The van der Waals surface area contributed by atoms with E-state index in [4.69, 9.17) is 0 Å². The number of ketones is 1. The van der Waals surface area contributed by atoms with Gasteiger partial charge in [0.25, 0.3) is 0 Å². The van der Waals surface area contributed by atoms with Crippen molar-refractivity contribution in [3.63, 3.8) is 0 Å². The molecule has 0 heterocycles. The van der Waals surface area contributed by atoms with Crippen LogP contribution in [-0.2, 0) is 11.2 Å². The average molecular weight is 353 g/mol. The summed E-state index contributed by atoms with van der Waals surface area (Å²) in [5.41, 5.74) is 4.02. The first kappa shape index (κ1) is 19.9. The molecule has 2 aromatic rings. The highest BCUT2D eigenvalue weighted by Crippen LogP contribution is 2.13. The standard InChI is InChI=1S/C22H27NO3/c1-17-8-9-20(16-18(17)2)21(25)10-11-22(26)23(14-15-24)13-12-19-6-4-3-5-7-19/h3-9,16,24H,10-15H2,1-2H3. The van der Waals surface area contributed by atoms with E-state index < -0.39 is 0 Å². The predicted molar refractivity (Wildman–Crippen MR) is 103 cm³/mol. The van der Waals surface area contributed by atoms with Gasteiger partial charge in [-0.15, -0.1) is 0 Å². The number of aliphatic hydroxyl groups is 1. The van der Waals surface area contributed by atoms with Gasteiger partial charge in [-0.05, 0) is 43.0 Å². The fourth-order valence-electron chi connectivity index (χ4n) is 2.83. The van der Waals surface area contributed by atoms with Gasteiger partial charge in [0.05, 0.1) is 6.61 Å². The van der Waals surface area contributed by atoms with Crippen molar-refractivity contribution in [2.24, 2.45) is 0 Å². The second kappa shape index (κ2) is 9.88. The summed E-state index contributed by atoms with van der Waals surface area (Å²) in [6, 6.07) is 15.6. The van der Waals surface area contributed by atoms with Crippen LogP contribution in [0.5, 0.6) is 0 Å². The number of carbonyl (C=O) groups excluding carboxylic acids is 2. The number of benzene rings is 2. The van der Waals surface area contributed by atoms with Crippen LogP contribution in [0.25, 0.3) is 0 Å². The van der Waals surface area contributed by atoms with Crippen LogP contribution in [0.4, 0.5) is 0 Å². The molecule has 1 N–H and O–H groups in total. The normalized spacial score (nSPS) is 10.6. The van der Waals surface area contributed by atoms with E-state index in [0.29, 0.717) is 18.7 Å². The van der Waals surface area contributed by atoms with Crippen molar-refractivity contribution in [3.05, 3.63) is 70.8 Å². The van der Waals surface area contributed by atoms with Gasteiger partial charge < -0.3 is 10.0 Å². The van der Waals surface area contributed by atoms with E-state index in [1.165, 1.54) is 0 Å². The third-order valence-corrected chi connectivity index (χ3v) is 4.63. The van der Waals surface area contributed by atoms with Gasteiger partial charge in [0, 0.05) is 31.5 Å². The van der Waals surface area contributed by atoms with E-state index in [-0.39, 0.29) is 31.1 Å². The Morgan fingerprint density at radius 2 is 1.65 bits per heavy atom. The van der Waals surface area contributed by atoms with E-state index in [0.717, 1.165) is 23.1 Å². The number of amides is 1. The largest absolute Gasteiger partial charge is 0.395 e. The summed E-state index contributed by atoms with van der Waals surface area (Å²) < 4.78 is 0. The van der Waals surface area contributed by atoms with E-state index in [1.807, 2.05) is 62.4 Å². The lowest BCUT2D eigenvalue weighted by molar-refractivity contribution is -0.131. The summed E-state index contributed by atoms with van der Waals surface area (Å²) in [7, 11) is 0. The van der Waals surface area contributed by atoms with Gasteiger partial charge in [0.15, 0.2) is 5.78 Å². The Morgan fingerprint density at radius 1 is 0.923 bits per heavy atom. The number of aryl methyl sites for hydroxylation is 2. The number of hydrogen-bond donors (Lipinski definition) is 1. The summed E-state index contributed by atoms with van der Waals surface area (Å²) in [5.74, 6) is -0.111. The molecule has 1 amide bonds. The first-order valence-electron chi connectivity index (χ1n) is 9.04. The third kappa shape index (κ3) is 5.81. The van der Waals surface area contributed by atoms with Gasteiger partial charge in [-0.25, -0.2) is 0 Å². The molecular weight excluding hydrogens is 326 g/mol. The molecule has 138 valence electrons. The highest BCUT2D eigenvalue weighted by Gasteiger charge is 2.16. The van der Waals surface area contributed by atoms with Crippen LogP contribution >= 0.6 is 0 Å². The minimum atomic E-state index is -0.0906. The number of rotatable bonds is 9. The number of aliphatic hydroxyl groups excluding tert-OH is 1. The van der Waals surface area contributed by atoms with Gasteiger partial charge in [-0.2, -0.15) is 0 Å². The molecule has 4 heteroatoms. The van der Waals surface area contributed by atoms with Gasteiger partial charge in [0.2, 0.25) is 5.91 Å². The molecule has 0 spiro atoms. The zero-order valence-electron chi connectivity index (χ0n) is 15.6. The second-order valence-corrected chi connectivity index (χ2v) is 6.56. The number of hydrogen-bond acceptors (Lipinski definition) is 3. The van der Waals surface area contributed by atoms with Crippen molar-refractivity contribution in [2.75, 3.05) is 19.7 Å². The second-order valence-electron chi connectivity index (χ2n) is 6.56. The zero-order chi connectivity index (χ0) is 18.9. The molecule has 26 heavy (non-hydrogen) atoms. The van der Waals surface area contributed by atoms with Gasteiger partial charge in [-0.1, -0.05) is 42.5 Å². The Bertz CT molecular complexity index is 740. The molecule has 0 saturated carbocycles. The molecule has 0 unspecified atom stereocenters. The topological polar surface area (TPSA) is 57.6 Å². The lowest BCUT2D eigenvalue weighted by Crippen LogP contribution is -2.35. The number of Topliss-reactive ketones (excluding diaryl/α,β-unsaturated/α-hetero) is 1. The minimum Gasteiger partial charge on any atom is -0.395 e. The lowest BCUT2D eigenvalue weighted by Gasteiger charge is -2.21. The maximum atomic E-state index is 12.5. The third-order valence-electron chi connectivity index (χ3n) is 4.63. The summed E-state index contributed by atoms with van der Waals surface area (Å²) in [5, 5.41) is 9.23. The molecule has 0 bridgehead atoms. The molecule has 0 radical (unpaired) electrons. The highest BCUT2D eigenvalue weighted by molar-refractivity contribution is 5.98. The Labute approximate surface area is 155 Å². The summed E-state index contributed by atoms with van der Waals surface area (Å²) in [4.78, 5) is 26.5. The minimum absolute atomic E-state index is 0.0199. The lowest BCUT2D eigenvalue weighted by atomic mass is 10.0. The summed E-state index contributed by atoms with van der Waals surface area (Å²) >= 11 is 0. The van der Waals surface area contributed by atoms with Crippen LogP contribution in [0, 0.1) is 13.8 Å². The van der Waals surface area contributed by atoms with E-state index in [2.05, 4.69) is 0 Å². The Kier molecular flexibility index (Phi) is 7.54. The van der Waals surface area contributed by atoms with Crippen molar-refractivity contribution in [3.8, 4) is 0 Å². The van der Waals surface area contributed by atoms with Crippen LogP contribution in [0.1, 0.15) is 39.9 Å². The first-order valence-corrected chi connectivity index (χ1v) is 9.04. The Balaban J connectivity index is 1.89. The van der Waals surface area contributed by atoms with E-state index >= 15 is 0 Å². The van der Waals surface area contributed by atoms with Crippen LogP contribution in [-0.4, -0.2) is 41.4 Å². The molecule has 0 aliphatic heterocycles. The van der Waals surface area contributed by atoms with Gasteiger partial charge in [0.1, 0.15) is 0 Å². The zero-order valence-corrected chi connectivity index (χ0v) is 15.6. The van der Waals surface area contributed by atoms with Crippen LogP contribution in [0.2, 0.25) is 0 Å². The van der Waals surface area contributed by atoms with Gasteiger partial charge >= 0.3 is 0 Å². The van der Waals surface area contributed by atoms with E-state index in [9.17, 15) is 14.7 Å². The fourth-order valence-corrected chi connectivity index (χ4v) is 2.83.